The number of hydrogen-bond donors (Lipinski definition) is 2. The maximum Gasteiger partial charge on any atom is 0.102 e. The minimum Gasteiger partial charge on any atom is -1.00 e. The molecule has 24 aromatic carbocycles. The summed E-state index contributed by atoms with van der Waals surface area (Å²) in [6.45, 7) is 13.5. The molecule has 0 bridgehead atoms. The predicted octanol–water partition coefficient (Wildman–Crippen LogP) is 0.345. The van der Waals surface area contributed by atoms with Crippen molar-refractivity contribution in [2.24, 2.45) is 0 Å². The smallest absolute Gasteiger partial charge is 0.102 e. The van der Waals surface area contributed by atoms with Gasteiger partial charge in [0.1, 0.15) is 13.1 Å². The van der Waals surface area contributed by atoms with Gasteiger partial charge in [-0.2, -0.15) is 0 Å². The van der Waals surface area contributed by atoms with E-state index in [4.69, 9.17) is 18.9 Å². The first kappa shape index (κ1) is 45.8. The second-order valence-electron chi connectivity index (χ2n) is 32.1. The monoisotopic (exact) mass is 1240 g/mol. The minimum absolute atomic E-state index is 0. The first-order valence-corrected chi connectivity index (χ1v) is 33.0. The highest BCUT2D eigenvalue weighted by atomic mass is 35.5. The number of likely N-dealkylation sites (N-methyl/N-ethyl adjacent to an activating group) is 2. The molecule has 8 aliphatic carbocycles. The topological polar surface area (TPSA) is 92.2 Å². The molecule has 2 saturated heterocycles. The molecule has 2 fully saturated rings. The van der Waals surface area contributed by atoms with E-state index in [2.05, 4.69) is 25.6 Å². The van der Waals surface area contributed by atoms with Crippen molar-refractivity contribution in [2.75, 3.05) is 119 Å². The fraction of sp³-hybridized carbons (Fsp3) is 0.282. The third-order valence-electron chi connectivity index (χ3n) is 30.2. The molecule has 4 spiro atoms. The first-order chi connectivity index (χ1) is 42.4. The number of ether oxygens (including phenoxy) is 4. The number of nitrogens with zero attached hydrogens (tertiary/aromatic N) is 2. The standard InChI is InChI=1S/C78H42N4O4.4ClH/c1-81(5-9-85-13-11-83-7-3-79)15-75-67-51-40-29-22-23-27-20-19-24-21-25(20)36-45-34(27)41-30(23)32-31(29)42-39-43(32)54-52(41)68-56(45)58-47(36)38-28(21)37-46-35(24)44(33(40)26(19)22)55(67)57(46)69-59-48(37)49(38)60-64-63(59)73(77(69,75)17-81)65-61(71(75)53(42)51)50(39)62-66(65)74(64)78(70(58)60)18-82(2,16-76(68,78)72(54)62)6-10-86-14-12-84-8-4-80;;;;/h3-18,79-80H2,1-2H3;4*1H/q+2;;;;/p-2. The molecule has 6 unspecified atom stereocenters. The highest BCUT2D eigenvalue weighted by Gasteiger charge is 2.81. The second-order valence-corrected chi connectivity index (χ2v) is 32.1. The first-order valence-electron chi connectivity index (χ1n) is 33.0. The van der Waals surface area contributed by atoms with E-state index in [1.165, 1.54) is 0 Å². The van der Waals surface area contributed by atoms with E-state index >= 15 is 0 Å². The zero-order valence-corrected chi connectivity index (χ0v) is 51.8. The van der Waals surface area contributed by atoms with Crippen molar-refractivity contribution in [3.63, 3.8) is 0 Å². The van der Waals surface area contributed by atoms with Crippen LogP contribution in [0.2, 0.25) is 0 Å². The number of halogens is 4. The third-order valence-corrected chi connectivity index (χ3v) is 30.2. The summed E-state index contributed by atoms with van der Waals surface area (Å²) in [7, 11) is 5.42. The van der Waals surface area contributed by atoms with Crippen LogP contribution in [0.4, 0.5) is 0 Å². The van der Waals surface area contributed by atoms with Gasteiger partial charge in [0.2, 0.25) is 0 Å². The quantitative estimate of drug-likeness (QED) is 0.0832. The van der Waals surface area contributed by atoms with Gasteiger partial charge >= 0.3 is 0 Å². The molecule has 0 radical (unpaired) electrons. The van der Waals surface area contributed by atoms with Crippen molar-refractivity contribution in [1.29, 1.82) is 0 Å². The number of likely N-dealkylation sites (tertiary alicyclic amines) is 2. The largest absolute Gasteiger partial charge is 1.00 e. The summed E-state index contributed by atoms with van der Waals surface area (Å²) in [5.74, 6) is 0. The Kier molecular flexibility index (Phi) is 5.90. The summed E-state index contributed by atoms with van der Waals surface area (Å²) >= 11 is 0. The number of benzene rings is 16. The van der Waals surface area contributed by atoms with Crippen LogP contribution in [0.15, 0.2) is 0 Å². The minimum atomic E-state index is -0.239. The summed E-state index contributed by atoms with van der Waals surface area (Å²) in [6, 6.07) is 0. The molecule has 0 saturated carbocycles. The molecule has 0 amide bonds. The van der Waals surface area contributed by atoms with Crippen LogP contribution < -0.4 is 61.1 Å². The lowest BCUT2D eigenvalue weighted by Crippen LogP contribution is -3.00. The fourth-order valence-corrected chi connectivity index (χ4v) is 29.9. The van der Waals surface area contributed by atoms with Crippen LogP contribution in [0.3, 0.4) is 0 Å². The molecule has 12 heteroatoms. The Morgan fingerprint density at radius 2 is 0.356 bits per heavy atom. The van der Waals surface area contributed by atoms with E-state index < -0.39 is 0 Å². The van der Waals surface area contributed by atoms with Crippen molar-refractivity contribution in [2.45, 2.75) is 21.7 Å². The van der Waals surface area contributed by atoms with E-state index in [0.717, 1.165) is 74.5 Å². The lowest BCUT2D eigenvalue weighted by molar-refractivity contribution is -0.900. The van der Waals surface area contributed by atoms with Gasteiger partial charge in [-0.3, -0.25) is 0 Å². The number of hydrogen-bond acceptors (Lipinski definition) is 4. The summed E-state index contributed by atoms with van der Waals surface area (Å²) in [4.78, 5) is 0. The Bertz CT molecular complexity index is 7230. The van der Waals surface area contributed by atoms with Gasteiger partial charge in [-0.25, -0.2) is 0 Å². The van der Waals surface area contributed by atoms with Gasteiger partial charge in [-0.05, 0) is 303 Å². The lowest BCUT2D eigenvalue weighted by Gasteiger charge is -2.48. The average molecular weight is 1240 g/mol. The van der Waals surface area contributed by atoms with E-state index in [0.29, 0.717) is 39.6 Å². The lowest BCUT2D eigenvalue weighted by atomic mass is 9.49. The Balaban J connectivity index is 0.00000116. The Morgan fingerprint density at radius 3 is 0.522 bits per heavy atom. The van der Waals surface area contributed by atoms with Gasteiger partial charge in [0.25, 0.3) is 0 Å². The molecule has 428 valence electrons. The zero-order chi connectivity index (χ0) is 53.5. The van der Waals surface area contributed by atoms with Gasteiger partial charge in [0, 0.05) is 0 Å². The van der Waals surface area contributed by atoms with E-state index in [1.807, 2.05) is 0 Å². The molecule has 34 rings (SSSR count). The molecule has 24 aromatic rings. The number of quaternary nitrogens is 4. The number of rotatable bonds is 16. The van der Waals surface area contributed by atoms with Crippen LogP contribution >= 0.6 is 0 Å². The molecular formula is C78H44Cl4N4O4. The highest BCUT2D eigenvalue weighted by molar-refractivity contribution is 6.78. The summed E-state index contributed by atoms with van der Waals surface area (Å²) in [6.07, 6.45) is 0. The van der Waals surface area contributed by atoms with Crippen molar-refractivity contribution in [1.82, 2.24) is 0 Å². The molecule has 6 atom stereocenters. The molecular weight excluding hydrogens is 1200 g/mol. The van der Waals surface area contributed by atoms with E-state index in [-0.39, 0.29) is 71.3 Å². The van der Waals surface area contributed by atoms with Gasteiger partial charge in [0.05, 0.1) is 128 Å². The van der Waals surface area contributed by atoms with Gasteiger partial charge < -0.3 is 89.0 Å². The second kappa shape index (κ2) is 11.6. The van der Waals surface area contributed by atoms with E-state index in [1.54, 1.807) is 303 Å². The van der Waals surface area contributed by atoms with Crippen LogP contribution in [-0.2, 0) is 40.6 Å². The van der Waals surface area contributed by atoms with E-state index in [9.17, 15) is 0 Å². The van der Waals surface area contributed by atoms with Crippen molar-refractivity contribution >= 4 is 259 Å². The maximum absolute atomic E-state index is 6.76. The van der Waals surface area contributed by atoms with Gasteiger partial charge in [0.15, 0.2) is 0 Å². The van der Waals surface area contributed by atoms with Crippen LogP contribution in [0, 0.1) is 0 Å². The third kappa shape index (κ3) is 2.95. The van der Waals surface area contributed by atoms with Gasteiger partial charge in [-0.15, -0.1) is 0 Å². The molecule has 0 aromatic heterocycles. The molecule has 6 N–H and O–H groups in total. The predicted molar refractivity (Wildman–Crippen MR) is 347 cm³/mol. The highest BCUT2D eigenvalue weighted by Crippen LogP contribution is 2.88. The Labute approximate surface area is 529 Å². The molecule has 8 nitrogen and oxygen atoms in total. The van der Waals surface area contributed by atoms with Crippen molar-refractivity contribution < 1.29 is 89.0 Å². The van der Waals surface area contributed by atoms with Gasteiger partial charge in [-0.1, -0.05) is 0 Å². The Hall–Kier alpha value is -6.44. The fourth-order valence-electron chi connectivity index (χ4n) is 29.9. The zero-order valence-electron chi connectivity index (χ0n) is 48.8. The van der Waals surface area contributed by atoms with Crippen LogP contribution in [0.25, 0.3) is 259 Å². The van der Waals surface area contributed by atoms with Crippen molar-refractivity contribution in [3.8, 4) is 0 Å². The molecule has 2 aliphatic heterocycles. The molecule has 10 aliphatic rings. The summed E-state index contributed by atoms with van der Waals surface area (Å²) < 4.78 is 27.5. The average Bonchev–Trinajstić information content (AvgIpc) is 1.37. The Morgan fingerprint density at radius 1 is 0.222 bits per heavy atom. The molecule has 90 heavy (non-hydrogen) atoms. The normalized spacial score (nSPS) is 27.3. The summed E-state index contributed by atoms with van der Waals surface area (Å²) in [5.41, 5.74) is 21.6. The maximum atomic E-state index is 6.76. The van der Waals surface area contributed by atoms with Crippen molar-refractivity contribution in [3.05, 3.63) is 44.5 Å². The van der Waals surface area contributed by atoms with Crippen LogP contribution in [0.5, 0.6) is 0 Å². The van der Waals surface area contributed by atoms with Crippen LogP contribution in [-0.4, -0.2) is 128 Å². The SMILES string of the molecule is C[N+]1(CCOCCOCC[NH3+])CC23c4c5c6c7c8c4c4c2c2c9c%10c%11c%12c(c5c5c6c6c%13c%14c%15c%16c%17c(c8c8c4c4c2c2c9c9c%11c%11c%18c%12c5c%13c%18c5c%14c%12c%16c%13c%17c8c4c4c2c2c9c%11c5c%12c2c%134)C72C[N+](C)(CCOCCOCC[NH3+])CC6%152)C%103C1.[Cl-].[Cl-].[Cl-].[Cl-]. The summed E-state index contributed by atoms with van der Waals surface area (Å²) in [5, 5.41) is 81.4. The molecule has 2 heterocycles. The van der Waals surface area contributed by atoms with Crippen LogP contribution in [0.1, 0.15) is 44.5 Å².